The lowest BCUT2D eigenvalue weighted by atomic mass is 10.2. The van der Waals surface area contributed by atoms with E-state index in [-0.39, 0.29) is 5.82 Å². The van der Waals surface area contributed by atoms with E-state index in [0.29, 0.717) is 23.9 Å². The van der Waals surface area contributed by atoms with Crippen LogP contribution in [0.3, 0.4) is 0 Å². The molecule has 0 aliphatic rings. The van der Waals surface area contributed by atoms with Crippen molar-refractivity contribution in [2.24, 2.45) is 0 Å². The summed E-state index contributed by atoms with van der Waals surface area (Å²) in [6, 6.07) is 5.98. The molecule has 0 amide bonds. The first-order valence-corrected chi connectivity index (χ1v) is 6.40. The topological polar surface area (TPSA) is 77.0 Å². The third kappa shape index (κ3) is 2.97. The fourth-order valence-electron chi connectivity index (χ4n) is 1.85. The lowest BCUT2D eigenvalue weighted by Gasteiger charge is -1.97. The van der Waals surface area contributed by atoms with Crippen molar-refractivity contribution in [2.75, 3.05) is 0 Å². The quantitative estimate of drug-likeness (QED) is 0.796. The van der Waals surface area contributed by atoms with Crippen LogP contribution in [0, 0.1) is 5.82 Å². The van der Waals surface area contributed by atoms with E-state index in [0.717, 1.165) is 5.56 Å². The van der Waals surface area contributed by atoms with Gasteiger partial charge in [0.15, 0.2) is 5.76 Å². The average molecular weight is 288 g/mol. The molecule has 0 bridgehead atoms. The van der Waals surface area contributed by atoms with Gasteiger partial charge in [0.1, 0.15) is 18.1 Å². The van der Waals surface area contributed by atoms with Gasteiger partial charge < -0.3 is 9.52 Å². The molecule has 2 aromatic heterocycles. The predicted octanol–water partition coefficient (Wildman–Crippen LogP) is 2.17. The molecule has 0 saturated heterocycles. The number of rotatable bonds is 4. The van der Waals surface area contributed by atoms with Gasteiger partial charge in [0.25, 0.3) is 0 Å². The summed E-state index contributed by atoms with van der Waals surface area (Å²) >= 11 is 0. The first-order valence-electron chi connectivity index (χ1n) is 6.40. The third-order valence-corrected chi connectivity index (χ3v) is 2.96. The maximum absolute atomic E-state index is 12.9. The van der Waals surface area contributed by atoms with Crippen molar-refractivity contribution in [3.05, 3.63) is 54.1 Å². The molecule has 1 N–H and O–H groups in total. The Kier molecular flexibility index (Phi) is 3.49. The summed E-state index contributed by atoms with van der Waals surface area (Å²) in [5, 5.41) is 17.1. The molecule has 7 heteroatoms. The molecule has 1 unspecified atom stereocenters. The Bertz CT molecular complexity index is 734. The zero-order chi connectivity index (χ0) is 14.8. The number of oxazole rings is 1. The zero-order valence-corrected chi connectivity index (χ0v) is 11.3. The Hall–Kier alpha value is -2.54. The van der Waals surface area contributed by atoms with Crippen LogP contribution in [-0.2, 0) is 6.54 Å². The molecular weight excluding hydrogens is 275 g/mol. The second-order valence-electron chi connectivity index (χ2n) is 4.64. The standard InChI is InChI=1S/C14H13FN4O2/c1-9(20)12-7-19(18-17-12)8-14-16-6-13(21-14)10-2-4-11(15)5-3-10/h2-7,9,20H,8H2,1H3. The van der Waals surface area contributed by atoms with Gasteiger partial charge in [-0.3, -0.25) is 0 Å². The molecule has 3 rings (SSSR count). The van der Waals surface area contributed by atoms with E-state index in [4.69, 9.17) is 4.42 Å². The number of halogens is 1. The highest BCUT2D eigenvalue weighted by Gasteiger charge is 2.10. The average Bonchev–Trinajstić information content (AvgIpc) is 3.10. The highest BCUT2D eigenvalue weighted by atomic mass is 19.1. The minimum atomic E-state index is -0.668. The van der Waals surface area contributed by atoms with E-state index in [9.17, 15) is 9.50 Å². The largest absolute Gasteiger partial charge is 0.439 e. The first kappa shape index (κ1) is 13.4. The van der Waals surface area contributed by atoms with Crippen LogP contribution in [0.1, 0.15) is 24.6 Å². The summed E-state index contributed by atoms with van der Waals surface area (Å²) in [5.41, 5.74) is 1.23. The second-order valence-corrected chi connectivity index (χ2v) is 4.64. The van der Waals surface area contributed by atoms with Gasteiger partial charge in [-0.2, -0.15) is 0 Å². The van der Waals surface area contributed by atoms with Gasteiger partial charge in [-0.1, -0.05) is 5.21 Å². The molecule has 0 aliphatic carbocycles. The Balaban J connectivity index is 1.76. The molecule has 3 aromatic rings. The molecule has 21 heavy (non-hydrogen) atoms. The van der Waals surface area contributed by atoms with Crippen molar-refractivity contribution in [1.29, 1.82) is 0 Å². The molecule has 0 aliphatic heterocycles. The Morgan fingerprint density at radius 3 is 2.76 bits per heavy atom. The monoisotopic (exact) mass is 288 g/mol. The Morgan fingerprint density at radius 1 is 1.33 bits per heavy atom. The zero-order valence-electron chi connectivity index (χ0n) is 11.3. The maximum atomic E-state index is 12.9. The second kappa shape index (κ2) is 5.45. The van der Waals surface area contributed by atoms with Crippen molar-refractivity contribution < 1.29 is 13.9 Å². The van der Waals surface area contributed by atoms with Crippen LogP contribution < -0.4 is 0 Å². The molecule has 2 heterocycles. The van der Waals surface area contributed by atoms with Crippen LogP contribution in [0.5, 0.6) is 0 Å². The fraction of sp³-hybridized carbons (Fsp3) is 0.214. The molecule has 108 valence electrons. The van der Waals surface area contributed by atoms with Gasteiger partial charge >= 0.3 is 0 Å². The van der Waals surface area contributed by atoms with E-state index in [2.05, 4.69) is 15.3 Å². The van der Waals surface area contributed by atoms with Gasteiger partial charge in [-0.25, -0.2) is 14.1 Å². The highest BCUT2D eigenvalue weighted by molar-refractivity contribution is 5.55. The molecule has 6 nitrogen and oxygen atoms in total. The van der Waals surface area contributed by atoms with Gasteiger partial charge in [0.2, 0.25) is 5.89 Å². The number of hydrogen-bond donors (Lipinski definition) is 1. The van der Waals surface area contributed by atoms with E-state index in [1.165, 1.54) is 16.8 Å². The number of nitrogens with zero attached hydrogens (tertiary/aromatic N) is 4. The summed E-state index contributed by atoms with van der Waals surface area (Å²) in [4.78, 5) is 4.15. The normalized spacial score (nSPS) is 12.5. The first-order chi connectivity index (χ1) is 10.1. The van der Waals surface area contributed by atoms with Gasteiger partial charge in [-0.05, 0) is 31.2 Å². The summed E-state index contributed by atoms with van der Waals surface area (Å²) in [7, 11) is 0. The molecular formula is C14H13FN4O2. The summed E-state index contributed by atoms with van der Waals surface area (Å²) < 4.78 is 20.0. The Morgan fingerprint density at radius 2 is 2.10 bits per heavy atom. The van der Waals surface area contributed by atoms with Crippen LogP contribution >= 0.6 is 0 Å². The van der Waals surface area contributed by atoms with Crippen molar-refractivity contribution in [3.63, 3.8) is 0 Å². The predicted molar refractivity (Wildman–Crippen MR) is 71.7 cm³/mol. The van der Waals surface area contributed by atoms with Crippen LogP contribution in [0.4, 0.5) is 4.39 Å². The van der Waals surface area contributed by atoms with Gasteiger partial charge in [0, 0.05) is 5.56 Å². The molecule has 1 aromatic carbocycles. The number of aromatic nitrogens is 4. The summed E-state index contributed by atoms with van der Waals surface area (Å²) in [5.74, 6) is 0.712. The van der Waals surface area contributed by atoms with E-state index < -0.39 is 6.10 Å². The van der Waals surface area contributed by atoms with Gasteiger partial charge in [0.05, 0.1) is 18.5 Å². The van der Waals surface area contributed by atoms with Crippen molar-refractivity contribution in [2.45, 2.75) is 19.6 Å². The van der Waals surface area contributed by atoms with Crippen LogP contribution in [0.15, 0.2) is 41.1 Å². The molecule has 0 fully saturated rings. The molecule has 0 saturated carbocycles. The number of hydrogen-bond acceptors (Lipinski definition) is 5. The Labute approximate surface area is 119 Å². The van der Waals surface area contributed by atoms with Crippen molar-refractivity contribution in [1.82, 2.24) is 20.0 Å². The SMILES string of the molecule is CC(O)c1cn(Cc2ncc(-c3ccc(F)cc3)o2)nn1. The number of aliphatic hydroxyl groups excluding tert-OH is 1. The number of benzene rings is 1. The highest BCUT2D eigenvalue weighted by Crippen LogP contribution is 2.21. The van der Waals surface area contributed by atoms with Crippen LogP contribution in [0.25, 0.3) is 11.3 Å². The lowest BCUT2D eigenvalue weighted by Crippen LogP contribution is -2.00. The molecule has 0 spiro atoms. The van der Waals surface area contributed by atoms with Crippen molar-refractivity contribution >= 4 is 0 Å². The van der Waals surface area contributed by atoms with Gasteiger partial charge in [-0.15, -0.1) is 5.10 Å². The summed E-state index contributed by atoms with van der Waals surface area (Å²) in [6.07, 6.45) is 2.54. The number of aliphatic hydroxyl groups is 1. The fourth-order valence-corrected chi connectivity index (χ4v) is 1.85. The van der Waals surface area contributed by atoms with Crippen LogP contribution in [-0.4, -0.2) is 25.1 Å². The maximum Gasteiger partial charge on any atom is 0.216 e. The van der Waals surface area contributed by atoms with E-state index in [1.807, 2.05) is 0 Å². The third-order valence-electron chi connectivity index (χ3n) is 2.96. The summed E-state index contributed by atoms with van der Waals surface area (Å²) in [6.45, 7) is 1.92. The van der Waals surface area contributed by atoms with Crippen molar-refractivity contribution in [3.8, 4) is 11.3 Å². The lowest BCUT2D eigenvalue weighted by molar-refractivity contribution is 0.194. The van der Waals surface area contributed by atoms with E-state index >= 15 is 0 Å². The van der Waals surface area contributed by atoms with E-state index in [1.54, 1.807) is 31.5 Å². The minimum Gasteiger partial charge on any atom is -0.439 e. The smallest absolute Gasteiger partial charge is 0.216 e. The minimum absolute atomic E-state index is 0.299. The van der Waals surface area contributed by atoms with Crippen LogP contribution in [0.2, 0.25) is 0 Å². The molecule has 0 radical (unpaired) electrons. The molecule has 1 atom stereocenters.